The van der Waals surface area contributed by atoms with Crippen LogP contribution in [-0.2, 0) is 11.3 Å². The van der Waals surface area contributed by atoms with Gasteiger partial charge >= 0.3 is 0 Å². The fraction of sp³-hybridized carbons (Fsp3) is 0.471. The molecule has 0 radical (unpaired) electrons. The number of ether oxygens (including phenoxy) is 1. The highest BCUT2D eigenvalue weighted by Gasteiger charge is 2.16. The number of nitrogens with two attached hydrogens (primary N) is 1. The SMILES string of the molecule is CC(C)c1cc2cc(N)ccc2nc1CN1CCOCC1. The summed E-state index contributed by atoms with van der Waals surface area (Å²) in [6.45, 7) is 8.95. The summed E-state index contributed by atoms with van der Waals surface area (Å²) in [5.74, 6) is 0.458. The smallest absolute Gasteiger partial charge is 0.0707 e. The highest BCUT2D eigenvalue weighted by atomic mass is 16.5. The number of benzene rings is 1. The van der Waals surface area contributed by atoms with Crippen LogP contribution < -0.4 is 5.73 Å². The minimum atomic E-state index is 0.458. The Morgan fingerprint density at radius 2 is 2.00 bits per heavy atom. The molecule has 1 fully saturated rings. The molecular formula is C17H23N3O. The average Bonchev–Trinajstić information content (AvgIpc) is 2.47. The van der Waals surface area contributed by atoms with Crippen LogP contribution >= 0.6 is 0 Å². The van der Waals surface area contributed by atoms with E-state index in [1.165, 1.54) is 11.3 Å². The highest BCUT2D eigenvalue weighted by Crippen LogP contribution is 2.25. The topological polar surface area (TPSA) is 51.4 Å². The summed E-state index contributed by atoms with van der Waals surface area (Å²) >= 11 is 0. The normalized spacial score (nSPS) is 16.7. The van der Waals surface area contributed by atoms with Gasteiger partial charge < -0.3 is 10.5 Å². The van der Waals surface area contributed by atoms with E-state index in [1.54, 1.807) is 0 Å². The first-order chi connectivity index (χ1) is 10.1. The van der Waals surface area contributed by atoms with Crippen LogP contribution in [0.5, 0.6) is 0 Å². The van der Waals surface area contributed by atoms with E-state index in [0.717, 1.165) is 49.4 Å². The number of nitrogen functional groups attached to an aromatic ring is 1. The van der Waals surface area contributed by atoms with E-state index in [2.05, 4.69) is 24.8 Å². The number of pyridine rings is 1. The van der Waals surface area contributed by atoms with Crippen molar-refractivity contribution in [2.45, 2.75) is 26.3 Å². The lowest BCUT2D eigenvalue weighted by atomic mass is 9.98. The average molecular weight is 285 g/mol. The van der Waals surface area contributed by atoms with Crippen molar-refractivity contribution in [3.63, 3.8) is 0 Å². The Hall–Kier alpha value is -1.65. The van der Waals surface area contributed by atoms with Crippen LogP contribution in [-0.4, -0.2) is 36.2 Å². The summed E-state index contributed by atoms with van der Waals surface area (Å²) < 4.78 is 5.42. The molecule has 1 aliphatic rings. The van der Waals surface area contributed by atoms with Gasteiger partial charge in [-0.15, -0.1) is 0 Å². The molecule has 2 heterocycles. The fourth-order valence-electron chi connectivity index (χ4n) is 2.85. The maximum atomic E-state index is 5.89. The maximum absolute atomic E-state index is 5.89. The van der Waals surface area contributed by atoms with E-state index in [0.29, 0.717) is 5.92 Å². The minimum Gasteiger partial charge on any atom is -0.399 e. The van der Waals surface area contributed by atoms with Gasteiger partial charge in [0.2, 0.25) is 0 Å². The van der Waals surface area contributed by atoms with Gasteiger partial charge in [-0.2, -0.15) is 0 Å². The van der Waals surface area contributed by atoms with Crippen LogP contribution in [0.4, 0.5) is 5.69 Å². The Morgan fingerprint density at radius 1 is 1.24 bits per heavy atom. The first kappa shape index (κ1) is 14.3. The van der Waals surface area contributed by atoms with E-state index in [1.807, 2.05) is 18.2 Å². The molecule has 0 saturated carbocycles. The monoisotopic (exact) mass is 285 g/mol. The van der Waals surface area contributed by atoms with Crippen LogP contribution in [0.3, 0.4) is 0 Å². The van der Waals surface area contributed by atoms with Gasteiger partial charge in [0.25, 0.3) is 0 Å². The van der Waals surface area contributed by atoms with Crippen molar-refractivity contribution in [1.29, 1.82) is 0 Å². The van der Waals surface area contributed by atoms with Gasteiger partial charge in [-0.1, -0.05) is 13.8 Å². The minimum absolute atomic E-state index is 0.458. The third kappa shape index (κ3) is 3.17. The number of aromatic nitrogens is 1. The van der Waals surface area contributed by atoms with Crippen LogP contribution in [0.25, 0.3) is 10.9 Å². The predicted molar refractivity (Wildman–Crippen MR) is 86.3 cm³/mol. The molecule has 0 unspecified atom stereocenters. The lowest BCUT2D eigenvalue weighted by molar-refractivity contribution is 0.0335. The van der Waals surface area contributed by atoms with E-state index >= 15 is 0 Å². The zero-order valence-electron chi connectivity index (χ0n) is 12.8. The van der Waals surface area contributed by atoms with Crippen molar-refractivity contribution >= 4 is 16.6 Å². The summed E-state index contributed by atoms with van der Waals surface area (Å²) in [6.07, 6.45) is 0. The second-order valence-corrected chi connectivity index (χ2v) is 6.02. The van der Waals surface area contributed by atoms with Crippen LogP contribution in [0.15, 0.2) is 24.3 Å². The summed E-state index contributed by atoms with van der Waals surface area (Å²) in [5.41, 5.74) is 10.2. The van der Waals surface area contributed by atoms with Gasteiger partial charge in [-0.25, -0.2) is 0 Å². The highest BCUT2D eigenvalue weighted by molar-refractivity contribution is 5.82. The Bertz CT molecular complexity index is 633. The Balaban J connectivity index is 1.98. The zero-order chi connectivity index (χ0) is 14.8. The first-order valence-corrected chi connectivity index (χ1v) is 7.62. The standard InChI is InChI=1S/C17H23N3O/c1-12(2)15-10-13-9-14(18)3-4-16(13)19-17(15)11-20-5-7-21-8-6-20/h3-4,9-10,12H,5-8,11,18H2,1-2H3. The van der Waals surface area contributed by atoms with Gasteiger partial charge in [-0.3, -0.25) is 9.88 Å². The molecule has 1 aromatic carbocycles. The number of morpholine rings is 1. The number of anilines is 1. The molecule has 1 aromatic heterocycles. The van der Waals surface area contributed by atoms with Crippen molar-refractivity contribution in [3.05, 3.63) is 35.5 Å². The van der Waals surface area contributed by atoms with E-state index in [-0.39, 0.29) is 0 Å². The van der Waals surface area contributed by atoms with Crippen molar-refractivity contribution in [2.75, 3.05) is 32.0 Å². The summed E-state index contributed by atoms with van der Waals surface area (Å²) in [4.78, 5) is 7.31. The second kappa shape index (κ2) is 6.00. The molecule has 1 aliphatic heterocycles. The number of fused-ring (bicyclic) bond motifs is 1. The Kier molecular flexibility index (Phi) is 4.08. The largest absolute Gasteiger partial charge is 0.399 e. The molecule has 0 amide bonds. The van der Waals surface area contributed by atoms with E-state index < -0.39 is 0 Å². The fourth-order valence-corrected chi connectivity index (χ4v) is 2.85. The van der Waals surface area contributed by atoms with E-state index in [4.69, 9.17) is 15.5 Å². The van der Waals surface area contributed by atoms with Crippen molar-refractivity contribution in [3.8, 4) is 0 Å². The second-order valence-electron chi connectivity index (χ2n) is 6.02. The summed E-state index contributed by atoms with van der Waals surface area (Å²) in [6, 6.07) is 8.19. The summed E-state index contributed by atoms with van der Waals surface area (Å²) in [5, 5.41) is 1.13. The Labute approximate surface area is 125 Å². The number of hydrogen-bond donors (Lipinski definition) is 1. The molecule has 1 saturated heterocycles. The quantitative estimate of drug-likeness (QED) is 0.881. The number of hydrogen-bond acceptors (Lipinski definition) is 4. The molecule has 3 rings (SSSR count). The van der Waals surface area contributed by atoms with Crippen LogP contribution in [0, 0.1) is 0 Å². The molecule has 0 bridgehead atoms. The van der Waals surface area contributed by atoms with Gasteiger partial charge in [0.05, 0.1) is 24.4 Å². The van der Waals surface area contributed by atoms with Crippen LogP contribution in [0.2, 0.25) is 0 Å². The van der Waals surface area contributed by atoms with Gasteiger partial charge in [0, 0.05) is 30.7 Å². The molecule has 0 aliphatic carbocycles. The molecule has 21 heavy (non-hydrogen) atoms. The molecule has 0 atom stereocenters. The molecule has 4 nitrogen and oxygen atoms in total. The molecule has 2 N–H and O–H groups in total. The predicted octanol–water partition coefficient (Wildman–Crippen LogP) is 2.77. The Morgan fingerprint density at radius 3 is 2.71 bits per heavy atom. The van der Waals surface area contributed by atoms with E-state index in [9.17, 15) is 0 Å². The lowest BCUT2D eigenvalue weighted by Crippen LogP contribution is -2.36. The summed E-state index contributed by atoms with van der Waals surface area (Å²) in [7, 11) is 0. The van der Waals surface area contributed by atoms with Crippen molar-refractivity contribution in [2.24, 2.45) is 0 Å². The molecule has 112 valence electrons. The molecular weight excluding hydrogens is 262 g/mol. The van der Waals surface area contributed by atoms with Gasteiger partial charge in [0.15, 0.2) is 0 Å². The van der Waals surface area contributed by atoms with Crippen LogP contribution in [0.1, 0.15) is 31.0 Å². The molecule has 4 heteroatoms. The van der Waals surface area contributed by atoms with Gasteiger partial charge in [0.1, 0.15) is 0 Å². The van der Waals surface area contributed by atoms with Gasteiger partial charge in [-0.05, 0) is 35.7 Å². The third-order valence-electron chi connectivity index (χ3n) is 4.05. The lowest BCUT2D eigenvalue weighted by Gasteiger charge is -2.27. The number of rotatable bonds is 3. The molecule has 2 aromatic rings. The molecule has 0 spiro atoms. The number of nitrogens with zero attached hydrogens (tertiary/aromatic N) is 2. The maximum Gasteiger partial charge on any atom is 0.0707 e. The van der Waals surface area contributed by atoms with Crippen molar-refractivity contribution in [1.82, 2.24) is 9.88 Å². The zero-order valence-corrected chi connectivity index (χ0v) is 12.8. The van der Waals surface area contributed by atoms with Crippen molar-refractivity contribution < 1.29 is 4.74 Å². The first-order valence-electron chi connectivity index (χ1n) is 7.62. The third-order valence-corrected chi connectivity index (χ3v) is 4.05.